The number of carbonyl (C=O) groups excluding carboxylic acids is 1. The van der Waals surface area contributed by atoms with Gasteiger partial charge in [-0.15, -0.1) is 0 Å². The number of methoxy groups -OCH3 is 1. The first-order valence-corrected chi connectivity index (χ1v) is 8.89. The number of amides is 1. The number of aryl methyl sites for hydroxylation is 1. The maximum absolute atomic E-state index is 12.2. The molecule has 1 aromatic carbocycles. The molecular formula is C20H28N3O3+. The Bertz CT molecular complexity index is 776. The van der Waals surface area contributed by atoms with E-state index in [1.807, 2.05) is 19.1 Å². The van der Waals surface area contributed by atoms with Crippen LogP contribution in [-0.4, -0.2) is 31.8 Å². The lowest BCUT2D eigenvalue weighted by molar-refractivity contribution is -0.910. The normalized spacial score (nSPS) is 11.7. The molecule has 6 nitrogen and oxygen atoms in total. The predicted octanol–water partition coefficient (Wildman–Crippen LogP) is 2.18. The molecule has 6 heteroatoms. The second kappa shape index (κ2) is 9.20. The van der Waals surface area contributed by atoms with Crippen molar-refractivity contribution in [3.05, 3.63) is 53.0 Å². The highest BCUT2D eigenvalue weighted by Gasteiger charge is 2.13. The quantitative estimate of drug-likeness (QED) is 0.561. The van der Waals surface area contributed by atoms with Crippen LogP contribution in [0, 0.1) is 6.92 Å². The number of hydrazone groups is 1. The Hall–Kier alpha value is -2.60. The summed E-state index contributed by atoms with van der Waals surface area (Å²) in [4.78, 5) is 13.6. The molecule has 2 aromatic rings. The molecule has 0 atom stereocenters. The average molecular weight is 358 g/mol. The van der Waals surface area contributed by atoms with Crippen LogP contribution in [0.1, 0.15) is 48.0 Å². The van der Waals surface area contributed by atoms with E-state index in [0.29, 0.717) is 11.3 Å². The van der Waals surface area contributed by atoms with Gasteiger partial charge in [0.15, 0.2) is 0 Å². The molecule has 0 aliphatic rings. The van der Waals surface area contributed by atoms with Gasteiger partial charge in [-0.25, -0.2) is 5.43 Å². The monoisotopic (exact) mass is 358 g/mol. The van der Waals surface area contributed by atoms with Gasteiger partial charge >= 0.3 is 0 Å². The van der Waals surface area contributed by atoms with Crippen molar-refractivity contribution in [1.82, 2.24) is 5.43 Å². The van der Waals surface area contributed by atoms with Crippen LogP contribution in [0.2, 0.25) is 0 Å². The first-order valence-electron chi connectivity index (χ1n) is 8.89. The van der Waals surface area contributed by atoms with E-state index in [4.69, 9.17) is 9.15 Å². The van der Waals surface area contributed by atoms with Gasteiger partial charge in [0.25, 0.3) is 5.91 Å². The summed E-state index contributed by atoms with van der Waals surface area (Å²) in [6.07, 6.45) is 1.49. The summed E-state index contributed by atoms with van der Waals surface area (Å²) < 4.78 is 10.6. The van der Waals surface area contributed by atoms with Gasteiger partial charge in [-0.3, -0.25) is 4.79 Å². The maximum atomic E-state index is 12.2. The van der Waals surface area contributed by atoms with Gasteiger partial charge in [0, 0.05) is 5.56 Å². The SMILES string of the molecule is CC[NH+](CC)Cc1cc(/C(C)=N\NC(=O)c2ccoc2C)ccc1OC. The molecule has 26 heavy (non-hydrogen) atoms. The lowest BCUT2D eigenvalue weighted by atomic mass is 10.1. The van der Waals surface area contributed by atoms with Crippen LogP contribution in [0.3, 0.4) is 0 Å². The third-order valence-corrected chi connectivity index (χ3v) is 4.57. The molecule has 0 aliphatic carbocycles. The number of hydrogen-bond acceptors (Lipinski definition) is 4. The lowest BCUT2D eigenvalue weighted by Crippen LogP contribution is -3.10. The summed E-state index contributed by atoms with van der Waals surface area (Å²) in [5.74, 6) is 1.17. The highest BCUT2D eigenvalue weighted by Crippen LogP contribution is 2.19. The Labute approximate surface area is 154 Å². The van der Waals surface area contributed by atoms with Crippen molar-refractivity contribution in [3.8, 4) is 5.75 Å². The zero-order valence-electron chi connectivity index (χ0n) is 16.2. The number of hydrogen-bond donors (Lipinski definition) is 2. The second-order valence-electron chi connectivity index (χ2n) is 6.19. The van der Waals surface area contributed by atoms with E-state index in [1.165, 1.54) is 11.2 Å². The van der Waals surface area contributed by atoms with Crippen LogP contribution < -0.4 is 15.1 Å². The van der Waals surface area contributed by atoms with Crippen molar-refractivity contribution in [2.24, 2.45) is 5.10 Å². The molecule has 0 saturated carbocycles. The van der Waals surface area contributed by atoms with E-state index in [2.05, 4.69) is 30.4 Å². The Morgan fingerprint density at radius 2 is 2.00 bits per heavy atom. The fourth-order valence-electron chi connectivity index (χ4n) is 2.79. The van der Waals surface area contributed by atoms with Crippen LogP contribution in [0.25, 0.3) is 0 Å². The highest BCUT2D eigenvalue weighted by atomic mass is 16.5. The second-order valence-corrected chi connectivity index (χ2v) is 6.19. The smallest absolute Gasteiger partial charge is 0.274 e. The molecule has 0 fully saturated rings. The van der Waals surface area contributed by atoms with E-state index < -0.39 is 0 Å². The molecule has 2 rings (SSSR count). The molecule has 1 amide bonds. The highest BCUT2D eigenvalue weighted by molar-refractivity contribution is 6.01. The first-order chi connectivity index (χ1) is 12.5. The summed E-state index contributed by atoms with van der Waals surface area (Å²) in [6.45, 7) is 11.0. The number of nitrogens with one attached hydrogen (secondary N) is 2. The van der Waals surface area contributed by atoms with Crippen LogP contribution in [-0.2, 0) is 6.54 Å². The van der Waals surface area contributed by atoms with Crippen LogP contribution in [0.5, 0.6) is 5.75 Å². The van der Waals surface area contributed by atoms with Gasteiger partial charge in [0.2, 0.25) is 0 Å². The molecule has 2 N–H and O–H groups in total. The van der Waals surface area contributed by atoms with Crippen molar-refractivity contribution in [1.29, 1.82) is 0 Å². The van der Waals surface area contributed by atoms with Gasteiger partial charge in [-0.2, -0.15) is 5.10 Å². The van der Waals surface area contributed by atoms with Crippen molar-refractivity contribution in [2.75, 3.05) is 20.2 Å². The zero-order chi connectivity index (χ0) is 19.1. The van der Waals surface area contributed by atoms with E-state index in [0.717, 1.165) is 42.2 Å². The summed E-state index contributed by atoms with van der Waals surface area (Å²) >= 11 is 0. The number of ether oxygens (including phenoxy) is 1. The summed E-state index contributed by atoms with van der Waals surface area (Å²) in [5, 5.41) is 4.24. The number of furan rings is 1. The van der Waals surface area contributed by atoms with Gasteiger partial charge in [0.1, 0.15) is 18.1 Å². The number of nitrogens with zero attached hydrogens (tertiary/aromatic N) is 1. The van der Waals surface area contributed by atoms with Crippen molar-refractivity contribution >= 4 is 11.6 Å². The Morgan fingerprint density at radius 3 is 2.58 bits per heavy atom. The third-order valence-electron chi connectivity index (χ3n) is 4.57. The molecule has 140 valence electrons. The number of carbonyl (C=O) groups is 1. The number of quaternary nitrogens is 1. The van der Waals surface area contributed by atoms with Gasteiger partial charge < -0.3 is 14.1 Å². The van der Waals surface area contributed by atoms with E-state index in [1.54, 1.807) is 20.1 Å². The third kappa shape index (κ3) is 4.73. The minimum atomic E-state index is -0.281. The molecule has 0 aliphatic heterocycles. The van der Waals surface area contributed by atoms with E-state index in [9.17, 15) is 4.79 Å². The minimum absolute atomic E-state index is 0.281. The van der Waals surface area contributed by atoms with Crippen LogP contribution in [0.15, 0.2) is 40.0 Å². The topological polar surface area (TPSA) is 68.3 Å². The molecule has 1 aromatic heterocycles. The van der Waals surface area contributed by atoms with Gasteiger partial charge in [-0.1, -0.05) is 0 Å². The molecule has 0 radical (unpaired) electrons. The number of benzene rings is 1. The van der Waals surface area contributed by atoms with Crippen molar-refractivity contribution < 1.29 is 18.8 Å². The van der Waals surface area contributed by atoms with E-state index in [-0.39, 0.29) is 5.91 Å². The zero-order valence-corrected chi connectivity index (χ0v) is 16.2. The predicted molar refractivity (Wildman–Crippen MR) is 102 cm³/mol. The molecule has 1 heterocycles. The van der Waals surface area contributed by atoms with E-state index >= 15 is 0 Å². The Kier molecular flexibility index (Phi) is 6.97. The maximum Gasteiger partial charge on any atom is 0.274 e. The fraction of sp³-hybridized carbons (Fsp3) is 0.400. The van der Waals surface area contributed by atoms with Crippen molar-refractivity contribution in [3.63, 3.8) is 0 Å². The molecule has 0 saturated heterocycles. The molecule has 0 bridgehead atoms. The standard InChI is InChI=1S/C20H27N3O3/c1-6-23(7-2)13-17-12-16(8-9-19(17)25-5)14(3)21-22-20(24)18-10-11-26-15(18)4/h8-12H,6-7,13H2,1-5H3,(H,22,24)/p+1/b21-14-. The average Bonchev–Trinajstić information content (AvgIpc) is 3.09. The Morgan fingerprint density at radius 1 is 1.27 bits per heavy atom. The Balaban J connectivity index is 2.18. The molecule has 0 spiro atoms. The summed E-state index contributed by atoms with van der Waals surface area (Å²) in [5.41, 5.74) is 5.90. The van der Waals surface area contributed by atoms with Gasteiger partial charge in [-0.05, 0) is 57.5 Å². The molecular weight excluding hydrogens is 330 g/mol. The van der Waals surface area contributed by atoms with Crippen LogP contribution in [0.4, 0.5) is 0 Å². The minimum Gasteiger partial charge on any atom is -0.496 e. The van der Waals surface area contributed by atoms with Crippen LogP contribution >= 0.6 is 0 Å². The molecule has 0 unspecified atom stereocenters. The number of rotatable bonds is 8. The lowest BCUT2D eigenvalue weighted by Gasteiger charge is -2.18. The van der Waals surface area contributed by atoms with Crippen molar-refractivity contribution in [2.45, 2.75) is 34.2 Å². The summed E-state index contributed by atoms with van der Waals surface area (Å²) in [6, 6.07) is 7.62. The summed E-state index contributed by atoms with van der Waals surface area (Å²) in [7, 11) is 1.69. The largest absolute Gasteiger partial charge is 0.496 e. The fourth-order valence-corrected chi connectivity index (χ4v) is 2.79. The first kappa shape index (κ1) is 19.7. The van der Waals surface area contributed by atoms with Gasteiger partial charge in [0.05, 0.1) is 37.7 Å².